The van der Waals surface area contributed by atoms with E-state index in [1.54, 1.807) is 5.57 Å². The molecular weight excluding hydrogens is 436 g/mol. The minimum atomic E-state index is -5.12. The highest BCUT2D eigenvalue weighted by Crippen LogP contribution is 2.65. The molecule has 0 aromatic rings. The number of rotatable bonds is 2. The summed E-state index contributed by atoms with van der Waals surface area (Å²) in [6.45, 7) is 4.82. The van der Waals surface area contributed by atoms with Crippen LogP contribution in [-0.4, -0.2) is 48.4 Å². The predicted molar refractivity (Wildman–Crippen MR) is 108 cm³/mol. The molecule has 0 amide bonds. The van der Waals surface area contributed by atoms with Gasteiger partial charge in [0, 0.05) is 0 Å². The van der Waals surface area contributed by atoms with Crippen LogP contribution in [0.15, 0.2) is 11.6 Å². The molecule has 30 heavy (non-hydrogen) atoms. The van der Waals surface area contributed by atoms with Crippen LogP contribution in [0.5, 0.6) is 0 Å². The topological polar surface area (TPSA) is 158 Å². The largest absolute Gasteiger partial charge is 0.413 e. The zero-order chi connectivity index (χ0) is 22.5. The van der Waals surface area contributed by atoms with Crippen LogP contribution in [-0.2, 0) is 24.4 Å². The Hall–Kier alpha value is -0.560. The fourth-order valence-corrected chi connectivity index (χ4v) is 7.66. The van der Waals surface area contributed by atoms with Gasteiger partial charge in [0.2, 0.25) is 0 Å². The highest BCUT2D eigenvalue weighted by molar-refractivity contribution is 7.94. The summed E-state index contributed by atoms with van der Waals surface area (Å²) in [7, 11) is -10.2. The third-order valence-electron chi connectivity index (χ3n) is 8.21. The van der Waals surface area contributed by atoms with Gasteiger partial charge in [-0.2, -0.15) is 16.8 Å². The van der Waals surface area contributed by atoms with Gasteiger partial charge in [-0.3, -0.25) is 9.11 Å². The third kappa shape index (κ3) is 4.77. The maximum atomic E-state index is 10.5. The van der Waals surface area contributed by atoms with Crippen LogP contribution >= 0.6 is 0 Å². The van der Waals surface area contributed by atoms with Crippen molar-refractivity contribution < 1.29 is 39.8 Å². The molecule has 4 aliphatic carbocycles. The van der Waals surface area contributed by atoms with Gasteiger partial charge in [-0.25, -0.2) is 0 Å². The molecule has 0 aliphatic heterocycles. The number of hydrogen-bond donors (Lipinski definition) is 4. The summed E-state index contributed by atoms with van der Waals surface area (Å²) < 4.78 is 55.6. The Labute approximate surface area is 178 Å². The average molecular weight is 469 g/mol. The number of aliphatic hydroxyl groups is 2. The van der Waals surface area contributed by atoms with Gasteiger partial charge in [-0.1, -0.05) is 25.5 Å². The Morgan fingerprint density at radius 3 is 2.10 bits per heavy atom. The first-order valence-corrected chi connectivity index (χ1v) is 13.1. The van der Waals surface area contributed by atoms with Gasteiger partial charge in [-0.15, -0.1) is 3.63 Å². The van der Waals surface area contributed by atoms with Crippen LogP contribution in [0.3, 0.4) is 0 Å². The van der Waals surface area contributed by atoms with Crippen LogP contribution in [0.4, 0.5) is 0 Å². The van der Waals surface area contributed by atoms with Gasteiger partial charge in [0.15, 0.2) is 0 Å². The fourth-order valence-electron chi connectivity index (χ4n) is 6.79. The Morgan fingerprint density at radius 2 is 1.53 bits per heavy atom. The van der Waals surface area contributed by atoms with Gasteiger partial charge >= 0.3 is 20.8 Å². The highest BCUT2D eigenvalue weighted by atomic mass is 32.3. The maximum absolute atomic E-state index is 10.5. The Balaban J connectivity index is 0.000000244. The summed E-state index contributed by atoms with van der Waals surface area (Å²) in [6, 6.07) is 0. The molecule has 3 saturated carbocycles. The van der Waals surface area contributed by atoms with E-state index in [0.29, 0.717) is 5.41 Å². The van der Waals surface area contributed by atoms with Crippen molar-refractivity contribution in [1.82, 2.24) is 0 Å². The quantitative estimate of drug-likeness (QED) is 0.352. The molecule has 0 aromatic heterocycles. The van der Waals surface area contributed by atoms with Gasteiger partial charge < -0.3 is 10.2 Å². The van der Waals surface area contributed by atoms with Crippen molar-refractivity contribution >= 4 is 20.8 Å². The van der Waals surface area contributed by atoms with Crippen LogP contribution < -0.4 is 0 Å². The molecule has 11 heteroatoms. The van der Waals surface area contributed by atoms with Crippen LogP contribution in [0, 0.1) is 28.6 Å². The molecule has 3 fully saturated rings. The first-order chi connectivity index (χ1) is 13.7. The van der Waals surface area contributed by atoms with E-state index in [0.717, 1.165) is 37.0 Å². The van der Waals surface area contributed by atoms with Gasteiger partial charge in [0.05, 0.1) is 12.2 Å². The summed E-state index contributed by atoms with van der Waals surface area (Å²) in [6.07, 6.45) is 11.2. The van der Waals surface area contributed by atoms with E-state index in [-0.39, 0.29) is 17.6 Å². The van der Waals surface area contributed by atoms with E-state index in [1.165, 1.54) is 32.1 Å². The second-order valence-electron chi connectivity index (χ2n) is 9.69. The number of allylic oxidation sites excluding steroid dienone is 1. The second-order valence-corrected chi connectivity index (χ2v) is 11.9. The SMILES string of the molecule is C[C@]12CC[C@H]3[C@@H](CCC4=C[C@@H](O)CC[C@@]43C)[C@@H]1CC[C@@H]2O.O=S(=O)(O)OS(=O)(=O)O. The van der Waals surface area contributed by atoms with Crippen molar-refractivity contribution in [3.63, 3.8) is 0 Å². The lowest BCUT2D eigenvalue weighted by Crippen LogP contribution is -2.51. The Kier molecular flexibility index (Phi) is 6.50. The van der Waals surface area contributed by atoms with Crippen molar-refractivity contribution in [2.75, 3.05) is 0 Å². The zero-order valence-corrected chi connectivity index (χ0v) is 18.9. The molecule has 7 atom stereocenters. The van der Waals surface area contributed by atoms with Crippen molar-refractivity contribution in [2.45, 2.75) is 77.4 Å². The minimum Gasteiger partial charge on any atom is -0.393 e. The fraction of sp³-hybridized carbons (Fsp3) is 0.895. The van der Waals surface area contributed by atoms with E-state index in [9.17, 15) is 27.0 Å². The summed E-state index contributed by atoms with van der Waals surface area (Å²) in [4.78, 5) is 0. The normalized spacial score (nSPS) is 43.4. The molecule has 4 rings (SSSR count). The minimum absolute atomic E-state index is 0.0682. The van der Waals surface area contributed by atoms with E-state index in [1.807, 2.05) is 0 Å². The van der Waals surface area contributed by atoms with Crippen molar-refractivity contribution in [1.29, 1.82) is 0 Å². The van der Waals surface area contributed by atoms with Gasteiger partial charge in [-0.05, 0) is 80.0 Å². The monoisotopic (exact) mass is 468 g/mol. The molecular formula is C19H32O9S2. The first kappa shape index (κ1) is 24.1. The number of fused-ring (bicyclic) bond motifs is 5. The van der Waals surface area contributed by atoms with Crippen LogP contribution in [0.1, 0.15) is 65.2 Å². The molecule has 0 heterocycles. The first-order valence-electron chi connectivity index (χ1n) is 10.4. The maximum Gasteiger partial charge on any atom is 0.413 e. The smallest absolute Gasteiger partial charge is 0.393 e. The Morgan fingerprint density at radius 1 is 0.900 bits per heavy atom. The predicted octanol–water partition coefficient (Wildman–Crippen LogP) is 2.28. The van der Waals surface area contributed by atoms with Gasteiger partial charge in [0.1, 0.15) is 0 Å². The van der Waals surface area contributed by atoms with Crippen LogP contribution in [0.25, 0.3) is 0 Å². The molecule has 174 valence electrons. The van der Waals surface area contributed by atoms with E-state index >= 15 is 0 Å². The van der Waals surface area contributed by atoms with Crippen molar-refractivity contribution in [3.8, 4) is 0 Å². The average Bonchev–Trinajstić information content (AvgIpc) is 2.88. The Bertz CT molecular complexity index is 867. The number of hydrogen-bond acceptors (Lipinski definition) is 7. The summed E-state index contributed by atoms with van der Waals surface area (Å²) in [5.41, 5.74) is 2.06. The summed E-state index contributed by atoms with van der Waals surface area (Å²) in [5.74, 6) is 2.32. The summed E-state index contributed by atoms with van der Waals surface area (Å²) >= 11 is 0. The standard InChI is InChI=1S/C19H30O2.H2O7S2/c1-18-9-7-13(20)11-12(18)3-4-14-15-5-6-17(21)19(15,2)10-8-16(14)18;1-8(2,3)7-9(4,5)6/h11,13-17,20-21H,3-10H2,1-2H3;(H,1,2,3)(H,4,5,6)/t13-,14-,15-,16-,17-,18-,19-;/m0./s1. The van der Waals surface area contributed by atoms with Crippen LogP contribution in [0.2, 0.25) is 0 Å². The summed E-state index contributed by atoms with van der Waals surface area (Å²) in [5, 5.41) is 20.4. The second kappa shape index (κ2) is 8.09. The molecule has 0 radical (unpaired) electrons. The lowest BCUT2D eigenvalue weighted by Gasteiger charge is -2.58. The molecule has 0 spiro atoms. The molecule has 0 aromatic carbocycles. The molecule has 4 aliphatic rings. The van der Waals surface area contributed by atoms with Crippen molar-refractivity contribution in [2.24, 2.45) is 28.6 Å². The lowest BCUT2D eigenvalue weighted by atomic mass is 9.47. The van der Waals surface area contributed by atoms with E-state index in [4.69, 9.17) is 9.11 Å². The molecule has 0 unspecified atom stereocenters. The lowest BCUT2D eigenvalue weighted by molar-refractivity contribution is -0.0761. The number of aliphatic hydroxyl groups excluding tert-OH is 2. The molecule has 0 bridgehead atoms. The zero-order valence-electron chi connectivity index (χ0n) is 17.3. The molecule has 9 nitrogen and oxygen atoms in total. The van der Waals surface area contributed by atoms with Gasteiger partial charge in [0.25, 0.3) is 0 Å². The highest BCUT2D eigenvalue weighted by Gasteiger charge is 2.58. The molecule has 0 saturated heterocycles. The van der Waals surface area contributed by atoms with E-state index in [2.05, 4.69) is 23.6 Å². The molecule has 4 N–H and O–H groups in total. The van der Waals surface area contributed by atoms with Crippen molar-refractivity contribution in [3.05, 3.63) is 11.6 Å². The third-order valence-corrected chi connectivity index (χ3v) is 9.59. The van der Waals surface area contributed by atoms with E-state index < -0.39 is 20.8 Å².